The normalized spacial score (nSPS) is 15.3. The Morgan fingerprint density at radius 3 is 2.15 bits per heavy atom. The van der Waals surface area contributed by atoms with Gasteiger partial charge in [0, 0.05) is 28.1 Å². The summed E-state index contributed by atoms with van der Waals surface area (Å²) in [5, 5.41) is 2.26. The van der Waals surface area contributed by atoms with Crippen LogP contribution < -0.4 is 20.7 Å². The maximum atomic E-state index is 12.9. The van der Waals surface area contributed by atoms with Gasteiger partial charge in [0.15, 0.2) is 0 Å². The minimum Gasteiger partial charge on any atom is -0.497 e. The van der Waals surface area contributed by atoms with Crippen LogP contribution in [-0.4, -0.2) is 36.0 Å². The Morgan fingerprint density at radius 1 is 0.941 bits per heavy atom. The number of ether oxygens (including phenoxy) is 1. The summed E-state index contributed by atoms with van der Waals surface area (Å²) in [6.45, 7) is 0. The monoisotopic (exact) mass is 475 g/mol. The van der Waals surface area contributed by atoms with Crippen LogP contribution in [0.25, 0.3) is 0 Å². The van der Waals surface area contributed by atoms with E-state index in [4.69, 9.17) is 10.5 Å². The first-order valence-electron chi connectivity index (χ1n) is 10.3. The lowest BCUT2D eigenvalue weighted by Gasteiger charge is -2.15. The molecule has 0 radical (unpaired) electrons. The van der Waals surface area contributed by atoms with E-state index in [2.05, 4.69) is 5.32 Å². The van der Waals surface area contributed by atoms with Crippen LogP contribution in [0.5, 0.6) is 5.75 Å². The number of primary amides is 1. The Balaban J connectivity index is 1.39. The minimum atomic E-state index is -0.581. The topological polar surface area (TPSA) is 119 Å². The van der Waals surface area contributed by atoms with Gasteiger partial charge in [0.2, 0.25) is 17.7 Å². The second kappa shape index (κ2) is 9.80. The fraction of sp³-hybridized carbons (Fsp3) is 0.120. The molecule has 9 heteroatoms. The summed E-state index contributed by atoms with van der Waals surface area (Å²) in [5.41, 5.74) is 7.05. The Bertz CT molecular complexity index is 1240. The molecule has 1 saturated heterocycles. The van der Waals surface area contributed by atoms with Crippen LogP contribution in [0.1, 0.15) is 27.1 Å². The Hall–Kier alpha value is -4.11. The molecular formula is C25H21N3O5S. The molecule has 0 spiro atoms. The van der Waals surface area contributed by atoms with Gasteiger partial charge in [-0.1, -0.05) is 0 Å². The van der Waals surface area contributed by atoms with Crippen molar-refractivity contribution in [1.29, 1.82) is 0 Å². The molecule has 3 N–H and O–H groups in total. The number of hydrogen-bond donors (Lipinski definition) is 2. The summed E-state index contributed by atoms with van der Waals surface area (Å²) in [5.74, 6) is -0.796. The lowest BCUT2D eigenvalue weighted by molar-refractivity contribution is -0.121. The molecule has 4 rings (SSSR count). The SMILES string of the molecule is COc1ccc(C(=O)Nc2ccc(SC3CC(=O)N(c4ccc(C(N)=O)cc4)C3=O)cc2)cc1. The van der Waals surface area contributed by atoms with Crippen molar-refractivity contribution in [2.75, 3.05) is 17.3 Å². The average Bonchev–Trinajstić information content (AvgIpc) is 3.12. The van der Waals surface area contributed by atoms with Crippen LogP contribution in [-0.2, 0) is 9.59 Å². The Labute approximate surface area is 200 Å². The van der Waals surface area contributed by atoms with E-state index in [9.17, 15) is 19.2 Å². The molecule has 0 aromatic heterocycles. The van der Waals surface area contributed by atoms with E-state index in [1.807, 2.05) is 0 Å². The van der Waals surface area contributed by atoms with E-state index in [1.165, 1.54) is 36.0 Å². The molecule has 1 fully saturated rings. The molecule has 34 heavy (non-hydrogen) atoms. The molecule has 1 heterocycles. The summed E-state index contributed by atoms with van der Waals surface area (Å²) in [4.78, 5) is 51.0. The number of benzene rings is 3. The van der Waals surface area contributed by atoms with Gasteiger partial charge < -0.3 is 15.8 Å². The highest BCUT2D eigenvalue weighted by Crippen LogP contribution is 2.34. The lowest BCUT2D eigenvalue weighted by atomic mass is 10.2. The zero-order valence-electron chi connectivity index (χ0n) is 18.2. The van der Waals surface area contributed by atoms with Crippen molar-refractivity contribution in [3.05, 3.63) is 83.9 Å². The first kappa shape index (κ1) is 23.1. The molecule has 0 saturated carbocycles. The number of thioether (sulfide) groups is 1. The van der Waals surface area contributed by atoms with Crippen molar-refractivity contribution in [2.24, 2.45) is 5.73 Å². The van der Waals surface area contributed by atoms with Crippen molar-refractivity contribution in [1.82, 2.24) is 0 Å². The van der Waals surface area contributed by atoms with Gasteiger partial charge in [-0.15, -0.1) is 11.8 Å². The van der Waals surface area contributed by atoms with Crippen molar-refractivity contribution in [2.45, 2.75) is 16.6 Å². The summed E-state index contributed by atoms with van der Waals surface area (Å²) < 4.78 is 5.10. The summed E-state index contributed by atoms with van der Waals surface area (Å²) in [6.07, 6.45) is 0.0665. The number of nitrogens with one attached hydrogen (secondary N) is 1. The van der Waals surface area contributed by atoms with Gasteiger partial charge in [-0.2, -0.15) is 0 Å². The standard InChI is InChI=1S/C25H21N3O5S/c1-33-19-10-4-16(5-11-19)24(31)27-17-6-12-20(13-7-17)34-21-14-22(29)28(25(21)32)18-8-2-15(3-9-18)23(26)30/h2-13,21H,14H2,1H3,(H2,26,30)(H,27,31). The summed E-state index contributed by atoms with van der Waals surface area (Å²) in [6, 6.07) is 19.9. The number of imide groups is 1. The highest BCUT2D eigenvalue weighted by atomic mass is 32.2. The van der Waals surface area contributed by atoms with Crippen LogP contribution in [0, 0.1) is 0 Å². The molecule has 0 aliphatic carbocycles. The predicted molar refractivity (Wildman–Crippen MR) is 129 cm³/mol. The molecule has 1 aliphatic heterocycles. The number of nitrogens with zero attached hydrogens (tertiary/aromatic N) is 1. The number of carbonyl (C=O) groups excluding carboxylic acids is 4. The molecule has 3 aromatic rings. The van der Waals surface area contributed by atoms with Crippen LogP contribution in [0.3, 0.4) is 0 Å². The minimum absolute atomic E-state index is 0.0665. The molecule has 1 atom stereocenters. The maximum Gasteiger partial charge on any atom is 0.255 e. The second-order valence-electron chi connectivity index (χ2n) is 7.50. The first-order valence-corrected chi connectivity index (χ1v) is 11.2. The molecule has 0 bridgehead atoms. The van der Waals surface area contributed by atoms with Crippen LogP contribution >= 0.6 is 11.8 Å². The average molecular weight is 476 g/mol. The number of amides is 4. The number of anilines is 2. The van der Waals surface area contributed by atoms with Crippen molar-refractivity contribution < 1.29 is 23.9 Å². The van der Waals surface area contributed by atoms with Crippen molar-refractivity contribution in [3.8, 4) is 5.75 Å². The fourth-order valence-corrected chi connectivity index (χ4v) is 4.52. The number of carbonyl (C=O) groups is 4. The number of rotatable bonds is 7. The van der Waals surface area contributed by atoms with Gasteiger partial charge in [-0.3, -0.25) is 19.2 Å². The predicted octanol–water partition coefficient (Wildman–Crippen LogP) is 3.47. The summed E-state index contributed by atoms with van der Waals surface area (Å²) in [7, 11) is 1.56. The quantitative estimate of drug-likeness (QED) is 0.505. The Morgan fingerprint density at radius 2 is 1.56 bits per heavy atom. The zero-order chi connectivity index (χ0) is 24.2. The maximum absolute atomic E-state index is 12.9. The molecule has 8 nitrogen and oxygen atoms in total. The highest BCUT2D eigenvalue weighted by molar-refractivity contribution is 8.00. The van der Waals surface area contributed by atoms with E-state index in [0.717, 1.165) is 9.80 Å². The van der Waals surface area contributed by atoms with Gasteiger partial charge in [0.05, 0.1) is 18.0 Å². The summed E-state index contributed by atoms with van der Waals surface area (Å²) >= 11 is 1.28. The third-order valence-electron chi connectivity index (χ3n) is 5.26. The molecule has 3 aromatic carbocycles. The largest absolute Gasteiger partial charge is 0.497 e. The van der Waals surface area contributed by atoms with Gasteiger partial charge in [0.1, 0.15) is 5.75 Å². The van der Waals surface area contributed by atoms with E-state index < -0.39 is 11.2 Å². The van der Waals surface area contributed by atoms with Crippen LogP contribution in [0.15, 0.2) is 77.7 Å². The van der Waals surface area contributed by atoms with Crippen LogP contribution in [0.2, 0.25) is 0 Å². The highest BCUT2D eigenvalue weighted by Gasteiger charge is 2.40. The second-order valence-corrected chi connectivity index (χ2v) is 8.77. The van der Waals surface area contributed by atoms with Crippen LogP contribution in [0.4, 0.5) is 11.4 Å². The zero-order valence-corrected chi connectivity index (χ0v) is 19.0. The molecular weight excluding hydrogens is 454 g/mol. The van der Waals surface area contributed by atoms with Gasteiger partial charge in [-0.05, 0) is 72.8 Å². The van der Waals surface area contributed by atoms with E-state index in [1.54, 1.807) is 55.6 Å². The number of hydrogen-bond acceptors (Lipinski definition) is 6. The number of methoxy groups -OCH3 is 1. The fourth-order valence-electron chi connectivity index (χ4n) is 3.47. The van der Waals surface area contributed by atoms with E-state index in [0.29, 0.717) is 28.3 Å². The van der Waals surface area contributed by atoms with E-state index >= 15 is 0 Å². The van der Waals surface area contributed by atoms with Gasteiger partial charge in [-0.25, -0.2) is 4.90 Å². The molecule has 4 amide bonds. The molecule has 172 valence electrons. The Kier molecular flexibility index (Phi) is 6.65. The third kappa shape index (κ3) is 4.94. The smallest absolute Gasteiger partial charge is 0.255 e. The van der Waals surface area contributed by atoms with Crippen molar-refractivity contribution >= 4 is 46.8 Å². The lowest BCUT2D eigenvalue weighted by Crippen LogP contribution is -2.31. The van der Waals surface area contributed by atoms with Gasteiger partial charge in [0.25, 0.3) is 5.91 Å². The van der Waals surface area contributed by atoms with Crippen molar-refractivity contribution in [3.63, 3.8) is 0 Å². The molecule has 1 unspecified atom stereocenters. The van der Waals surface area contributed by atoms with E-state index in [-0.39, 0.29) is 24.1 Å². The third-order valence-corrected chi connectivity index (χ3v) is 6.46. The first-order chi connectivity index (χ1) is 16.4. The van der Waals surface area contributed by atoms with Gasteiger partial charge >= 0.3 is 0 Å². The number of nitrogens with two attached hydrogens (primary N) is 1. The molecule has 1 aliphatic rings.